The number of carbonyl (C=O) groups excluding carboxylic acids is 4. The molecule has 12 heteroatoms. The first kappa shape index (κ1) is 48.8. The Morgan fingerprint density at radius 2 is 1.43 bits per heavy atom. The Balaban J connectivity index is 0. The molecule has 0 fully saturated rings. The van der Waals surface area contributed by atoms with Crippen molar-refractivity contribution in [2.45, 2.75) is 146 Å². The average molecular weight is 715 g/mol. The average Bonchev–Trinajstić information content (AvgIpc) is 3.00. The molecule has 0 aromatic carbocycles. The van der Waals surface area contributed by atoms with Gasteiger partial charge in [0.05, 0.1) is 18.7 Å². The lowest BCUT2D eigenvalue weighted by molar-refractivity contribution is -0.132. The second kappa shape index (κ2) is 27.4. The van der Waals surface area contributed by atoms with Gasteiger partial charge in [-0.25, -0.2) is 0 Å². The molecule has 49 heavy (non-hydrogen) atoms. The lowest BCUT2D eigenvalue weighted by atomic mass is 9.92. The summed E-state index contributed by atoms with van der Waals surface area (Å²) < 4.78 is 0. The van der Waals surface area contributed by atoms with E-state index in [0.717, 1.165) is 12.1 Å². The number of nitrogens with zero attached hydrogens (tertiary/aromatic N) is 2. The van der Waals surface area contributed by atoms with Crippen LogP contribution < -0.4 is 21.3 Å². The van der Waals surface area contributed by atoms with Crippen LogP contribution in [-0.4, -0.2) is 95.3 Å². The molecule has 0 heterocycles. The highest BCUT2D eigenvalue weighted by molar-refractivity contribution is 7.98. The molecule has 0 saturated carbocycles. The third-order valence-electron chi connectivity index (χ3n) is 7.80. The summed E-state index contributed by atoms with van der Waals surface area (Å²) in [5.41, 5.74) is 1.03. The van der Waals surface area contributed by atoms with E-state index >= 15 is 0 Å². The van der Waals surface area contributed by atoms with Crippen molar-refractivity contribution < 1.29 is 24.3 Å². The third kappa shape index (κ3) is 24.5. The standard InChI is InChI=1S/C33H64N6O5.C4H10S/c1-13-26(12)38-39(23(8)9)19-24(10)15-29(41)34-18-30(42)36-27(14-20(2)3)28(40)16-25(11)32(43)37-31(22(6)7)33(44)35-17-21(4)5;1-3-4-5-2/h20-25,27-28,31,40H,13-19H2,1-12H3,(H,34,41)(H,35,44)(H,36,42)(H,37,43);3-4H2,1-2H3/b38-26-;/t24-,25-,27+,28+,31+;/m1./s1. The number of carbonyl (C=O) groups is 4. The number of hydrazone groups is 1. The number of amides is 4. The van der Waals surface area contributed by atoms with Crippen LogP contribution in [0.3, 0.4) is 0 Å². The fraction of sp³-hybridized carbons (Fsp3) is 0.865. The van der Waals surface area contributed by atoms with E-state index in [1.165, 1.54) is 12.2 Å². The highest BCUT2D eigenvalue weighted by Crippen LogP contribution is 2.17. The van der Waals surface area contributed by atoms with Crippen LogP contribution in [0.2, 0.25) is 0 Å². The maximum Gasteiger partial charge on any atom is 0.242 e. The Hall–Kier alpha value is -2.34. The SMILES string of the molecule is CC/C(C)=N\N(C[C@H](C)CC(=O)NCC(=O)N[C@@H](CC(C)C)[C@@H](O)C[C@@H](C)C(=O)N[C@H](C(=O)NCC(C)C)C(C)C)C(C)C.CCCSC. The van der Waals surface area contributed by atoms with E-state index < -0.39 is 30.0 Å². The number of thioether (sulfide) groups is 1. The van der Waals surface area contributed by atoms with E-state index in [4.69, 9.17) is 0 Å². The lowest BCUT2D eigenvalue weighted by Crippen LogP contribution is -2.52. The molecule has 5 N–H and O–H groups in total. The van der Waals surface area contributed by atoms with Crippen molar-refractivity contribution in [3.05, 3.63) is 0 Å². The normalized spacial score (nSPS) is 14.8. The Morgan fingerprint density at radius 3 is 1.88 bits per heavy atom. The van der Waals surface area contributed by atoms with Gasteiger partial charge in [0.15, 0.2) is 0 Å². The topological polar surface area (TPSA) is 152 Å². The minimum Gasteiger partial charge on any atom is -0.391 e. The highest BCUT2D eigenvalue weighted by Gasteiger charge is 2.30. The molecule has 0 radical (unpaired) electrons. The predicted molar refractivity (Wildman–Crippen MR) is 206 cm³/mol. The molecule has 0 rings (SSSR count). The molecule has 5 atom stereocenters. The molecule has 0 aliphatic heterocycles. The first-order chi connectivity index (χ1) is 22.8. The van der Waals surface area contributed by atoms with Crippen LogP contribution in [0.25, 0.3) is 0 Å². The number of hydrogen-bond acceptors (Lipinski definition) is 8. The quantitative estimate of drug-likeness (QED) is 0.0720. The Kier molecular flexibility index (Phi) is 27.3. The Labute approximate surface area is 303 Å². The minimum atomic E-state index is -0.987. The third-order valence-corrected chi connectivity index (χ3v) is 8.62. The van der Waals surface area contributed by atoms with Crippen molar-refractivity contribution >= 4 is 41.1 Å². The maximum absolute atomic E-state index is 13.0. The monoisotopic (exact) mass is 715 g/mol. The number of hydrogen-bond donors (Lipinski definition) is 5. The predicted octanol–water partition coefficient (Wildman–Crippen LogP) is 5.22. The molecule has 0 aromatic heterocycles. The first-order valence-corrected chi connectivity index (χ1v) is 19.8. The largest absolute Gasteiger partial charge is 0.391 e. The fourth-order valence-electron chi connectivity index (χ4n) is 4.77. The van der Waals surface area contributed by atoms with Crippen LogP contribution in [0.1, 0.15) is 122 Å². The zero-order valence-corrected chi connectivity index (χ0v) is 34.3. The van der Waals surface area contributed by atoms with Gasteiger partial charge in [-0.1, -0.05) is 69.2 Å². The molecule has 0 aromatic rings. The van der Waals surface area contributed by atoms with Gasteiger partial charge in [0.25, 0.3) is 0 Å². The van der Waals surface area contributed by atoms with Crippen molar-refractivity contribution in [2.24, 2.45) is 34.7 Å². The van der Waals surface area contributed by atoms with Gasteiger partial charge < -0.3 is 26.4 Å². The summed E-state index contributed by atoms with van der Waals surface area (Å²) >= 11 is 1.90. The molecule has 0 aliphatic rings. The summed E-state index contributed by atoms with van der Waals surface area (Å²) in [6, 6.07) is -1.07. The van der Waals surface area contributed by atoms with Crippen LogP contribution in [0, 0.1) is 29.6 Å². The van der Waals surface area contributed by atoms with E-state index in [-0.39, 0.29) is 66.8 Å². The molecule has 0 unspecified atom stereocenters. The van der Waals surface area contributed by atoms with Crippen molar-refractivity contribution in [3.63, 3.8) is 0 Å². The van der Waals surface area contributed by atoms with Gasteiger partial charge in [0.1, 0.15) is 6.04 Å². The van der Waals surface area contributed by atoms with Crippen molar-refractivity contribution in [1.82, 2.24) is 26.3 Å². The lowest BCUT2D eigenvalue weighted by Gasteiger charge is -2.29. The molecule has 4 amide bonds. The Morgan fingerprint density at radius 1 is 0.816 bits per heavy atom. The number of aliphatic hydroxyl groups excluding tert-OH is 1. The fourth-order valence-corrected chi connectivity index (χ4v) is 5.18. The maximum atomic E-state index is 13.0. The van der Waals surface area contributed by atoms with Crippen LogP contribution in [0.5, 0.6) is 0 Å². The number of nitrogens with one attached hydrogen (secondary N) is 4. The van der Waals surface area contributed by atoms with E-state index in [1.54, 1.807) is 6.92 Å². The molecule has 0 bridgehead atoms. The molecular formula is C37H74N6O5S. The smallest absolute Gasteiger partial charge is 0.242 e. The minimum absolute atomic E-state index is 0.0357. The highest BCUT2D eigenvalue weighted by atomic mass is 32.2. The second-order valence-electron chi connectivity index (χ2n) is 14.9. The molecule has 0 saturated heterocycles. The second-order valence-corrected chi connectivity index (χ2v) is 15.8. The van der Waals surface area contributed by atoms with Crippen LogP contribution in [-0.2, 0) is 19.2 Å². The van der Waals surface area contributed by atoms with E-state index in [1.807, 2.05) is 72.2 Å². The van der Waals surface area contributed by atoms with E-state index in [9.17, 15) is 24.3 Å². The zero-order chi connectivity index (χ0) is 38.3. The van der Waals surface area contributed by atoms with Gasteiger partial charge >= 0.3 is 0 Å². The summed E-state index contributed by atoms with van der Waals surface area (Å²) in [5.74, 6) is -0.0795. The van der Waals surface area contributed by atoms with Gasteiger partial charge in [0, 0.05) is 37.2 Å². The van der Waals surface area contributed by atoms with Crippen molar-refractivity contribution in [1.29, 1.82) is 0 Å². The summed E-state index contributed by atoms with van der Waals surface area (Å²) in [4.78, 5) is 51.0. The van der Waals surface area contributed by atoms with Crippen molar-refractivity contribution in [2.75, 3.05) is 31.6 Å². The molecule has 0 spiro atoms. The van der Waals surface area contributed by atoms with Gasteiger partial charge in [-0.05, 0) is 82.1 Å². The van der Waals surface area contributed by atoms with E-state index in [0.29, 0.717) is 19.5 Å². The number of aliphatic hydroxyl groups is 1. The molecule has 0 aliphatic carbocycles. The van der Waals surface area contributed by atoms with Crippen LogP contribution in [0.4, 0.5) is 0 Å². The molecular weight excluding hydrogens is 641 g/mol. The summed E-state index contributed by atoms with van der Waals surface area (Å²) in [5, 5.41) is 29.0. The number of rotatable bonds is 23. The van der Waals surface area contributed by atoms with Gasteiger partial charge in [-0.3, -0.25) is 24.2 Å². The van der Waals surface area contributed by atoms with Gasteiger partial charge in [-0.15, -0.1) is 0 Å². The zero-order valence-electron chi connectivity index (χ0n) is 33.4. The van der Waals surface area contributed by atoms with Crippen molar-refractivity contribution in [3.8, 4) is 0 Å². The van der Waals surface area contributed by atoms with Gasteiger partial charge in [-0.2, -0.15) is 16.9 Å². The molecule has 11 nitrogen and oxygen atoms in total. The summed E-state index contributed by atoms with van der Waals surface area (Å²) in [6.07, 6.45) is 4.18. The summed E-state index contributed by atoms with van der Waals surface area (Å²) in [7, 11) is 0. The van der Waals surface area contributed by atoms with Crippen LogP contribution >= 0.6 is 11.8 Å². The van der Waals surface area contributed by atoms with Gasteiger partial charge in [0.2, 0.25) is 23.6 Å². The van der Waals surface area contributed by atoms with E-state index in [2.05, 4.69) is 60.3 Å². The van der Waals surface area contributed by atoms with Crippen LogP contribution in [0.15, 0.2) is 5.10 Å². The first-order valence-electron chi connectivity index (χ1n) is 18.4. The Bertz CT molecular complexity index is 973. The summed E-state index contributed by atoms with van der Waals surface area (Å²) in [6.45, 7) is 26.7. The molecule has 288 valence electrons.